The zero-order valence-electron chi connectivity index (χ0n) is 20.0. The minimum Gasteiger partial charge on any atom is -0.335 e. The molecule has 11 heteroatoms. The maximum Gasteiger partial charge on any atom is 0.169 e. The molecule has 6 aromatic rings. The standard InChI is InChI=1S/C26H21FN8OS/c1-3-28-7-14-6-15(9-29-8-14)23-22(27)21-17(12-31-23)34-35-25(21)26-32-18-11-30-10-16(24(18)33-26)20-5-4-19(37-20)13(2)36/h4-6,8-12,28H,3,7H2,1-2H3,(H,32,33)(H,34,35). The Kier molecular flexibility index (Phi) is 5.78. The summed E-state index contributed by atoms with van der Waals surface area (Å²) in [5.74, 6) is -0.106. The van der Waals surface area contributed by atoms with E-state index in [1.165, 1.54) is 18.3 Å². The number of Topliss-reactive ketones (excluding diaryl/α,β-unsaturated/α-hetero) is 1. The Balaban J connectivity index is 1.46. The number of thiophene rings is 1. The van der Waals surface area contributed by atoms with E-state index in [2.05, 4.69) is 35.5 Å². The molecule has 37 heavy (non-hydrogen) atoms. The van der Waals surface area contributed by atoms with Gasteiger partial charge in [0.1, 0.15) is 16.9 Å². The first-order valence-corrected chi connectivity index (χ1v) is 12.5. The van der Waals surface area contributed by atoms with Crippen LogP contribution in [0.3, 0.4) is 0 Å². The van der Waals surface area contributed by atoms with Crippen LogP contribution in [0.25, 0.3) is 55.2 Å². The van der Waals surface area contributed by atoms with E-state index in [4.69, 9.17) is 4.98 Å². The summed E-state index contributed by atoms with van der Waals surface area (Å²) >= 11 is 1.38. The number of carbonyl (C=O) groups excluding carboxylic acids is 1. The lowest BCUT2D eigenvalue weighted by atomic mass is 10.1. The number of hydrogen-bond donors (Lipinski definition) is 3. The average molecular weight is 513 g/mol. The summed E-state index contributed by atoms with van der Waals surface area (Å²) in [6.45, 7) is 5.01. The number of aromatic nitrogens is 7. The predicted molar refractivity (Wildman–Crippen MR) is 141 cm³/mol. The predicted octanol–water partition coefficient (Wildman–Crippen LogP) is 5.14. The summed E-state index contributed by atoms with van der Waals surface area (Å²) < 4.78 is 15.9. The second kappa shape index (κ2) is 9.26. The topological polar surface area (TPSA) is 125 Å². The van der Waals surface area contributed by atoms with Gasteiger partial charge < -0.3 is 10.3 Å². The minimum absolute atomic E-state index is 0.00402. The molecule has 0 saturated carbocycles. The third-order valence-corrected chi connectivity index (χ3v) is 7.25. The summed E-state index contributed by atoms with van der Waals surface area (Å²) in [5.41, 5.74) is 4.62. The fraction of sp³-hybridized carbons (Fsp3) is 0.154. The van der Waals surface area contributed by atoms with E-state index in [0.29, 0.717) is 45.1 Å². The number of pyridine rings is 3. The normalized spacial score (nSPS) is 11.5. The molecule has 0 aliphatic carbocycles. The fourth-order valence-electron chi connectivity index (χ4n) is 4.23. The maximum atomic E-state index is 15.9. The SMILES string of the molecule is CCNCc1cncc(-c2ncc3[nH]nc(-c4nc5c(-c6ccc(C(C)=O)s6)cncc5[nH]4)c3c2F)c1. The highest BCUT2D eigenvalue weighted by Gasteiger charge is 2.22. The Bertz CT molecular complexity index is 1790. The number of carbonyl (C=O) groups is 1. The van der Waals surface area contributed by atoms with E-state index in [9.17, 15) is 4.79 Å². The summed E-state index contributed by atoms with van der Waals surface area (Å²) in [5, 5.41) is 10.8. The van der Waals surface area contributed by atoms with Crippen LogP contribution in [0.2, 0.25) is 0 Å². The summed E-state index contributed by atoms with van der Waals surface area (Å²) in [6.07, 6.45) is 8.28. The Morgan fingerprint density at radius 3 is 2.76 bits per heavy atom. The van der Waals surface area contributed by atoms with Gasteiger partial charge in [-0.3, -0.25) is 24.8 Å². The van der Waals surface area contributed by atoms with Crippen molar-refractivity contribution in [2.24, 2.45) is 0 Å². The number of nitrogens with one attached hydrogen (secondary N) is 3. The van der Waals surface area contributed by atoms with E-state index in [0.717, 1.165) is 22.5 Å². The van der Waals surface area contributed by atoms with Crippen molar-refractivity contribution in [3.8, 4) is 33.2 Å². The number of aromatic amines is 2. The molecular weight excluding hydrogens is 491 g/mol. The van der Waals surface area contributed by atoms with Crippen LogP contribution in [0, 0.1) is 5.82 Å². The number of hydrogen-bond acceptors (Lipinski definition) is 8. The summed E-state index contributed by atoms with van der Waals surface area (Å²) in [6, 6.07) is 5.55. The van der Waals surface area contributed by atoms with Crippen LogP contribution in [0.5, 0.6) is 0 Å². The van der Waals surface area contributed by atoms with E-state index in [1.807, 2.05) is 19.1 Å². The molecule has 0 bridgehead atoms. The Labute approximate surface area is 214 Å². The molecule has 0 atom stereocenters. The zero-order valence-corrected chi connectivity index (χ0v) is 20.8. The van der Waals surface area contributed by atoms with Crippen molar-refractivity contribution in [2.75, 3.05) is 6.54 Å². The lowest BCUT2D eigenvalue weighted by Gasteiger charge is -2.07. The van der Waals surface area contributed by atoms with Crippen molar-refractivity contribution in [1.82, 2.24) is 40.4 Å². The molecule has 0 radical (unpaired) electrons. The molecule has 184 valence electrons. The fourth-order valence-corrected chi connectivity index (χ4v) is 5.14. The van der Waals surface area contributed by atoms with Crippen LogP contribution in [0.15, 0.2) is 49.2 Å². The Morgan fingerprint density at radius 1 is 1.08 bits per heavy atom. The second-order valence-electron chi connectivity index (χ2n) is 8.53. The number of ketones is 1. The highest BCUT2D eigenvalue weighted by Crippen LogP contribution is 2.36. The zero-order chi connectivity index (χ0) is 25.5. The van der Waals surface area contributed by atoms with Gasteiger partial charge in [-0.1, -0.05) is 6.92 Å². The molecule has 6 heterocycles. The summed E-state index contributed by atoms with van der Waals surface area (Å²) in [4.78, 5) is 34.2. The summed E-state index contributed by atoms with van der Waals surface area (Å²) in [7, 11) is 0. The van der Waals surface area contributed by atoms with Crippen LogP contribution < -0.4 is 5.32 Å². The molecule has 9 nitrogen and oxygen atoms in total. The number of rotatable bonds is 7. The Morgan fingerprint density at radius 2 is 1.95 bits per heavy atom. The molecule has 0 aliphatic rings. The third-order valence-electron chi connectivity index (χ3n) is 6.03. The minimum atomic E-state index is -0.508. The molecule has 0 aromatic carbocycles. The van der Waals surface area contributed by atoms with Gasteiger partial charge in [0.25, 0.3) is 0 Å². The molecule has 0 aliphatic heterocycles. The van der Waals surface area contributed by atoms with E-state index < -0.39 is 5.82 Å². The number of halogens is 1. The van der Waals surface area contributed by atoms with Crippen molar-refractivity contribution >= 4 is 39.1 Å². The van der Waals surface area contributed by atoms with Gasteiger partial charge in [-0.15, -0.1) is 11.3 Å². The van der Waals surface area contributed by atoms with E-state index >= 15 is 4.39 Å². The Hall–Kier alpha value is -4.35. The molecular formula is C26H21FN8OS. The molecule has 0 unspecified atom stereocenters. The van der Waals surface area contributed by atoms with Crippen LogP contribution in [-0.4, -0.2) is 47.4 Å². The first-order chi connectivity index (χ1) is 18.0. The van der Waals surface area contributed by atoms with E-state index in [1.54, 1.807) is 37.1 Å². The van der Waals surface area contributed by atoms with Gasteiger partial charge in [-0.25, -0.2) is 9.37 Å². The van der Waals surface area contributed by atoms with Gasteiger partial charge in [0.15, 0.2) is 17.4 Å². The molecule has 6 rings (SSSR count). The molecule has 0 fully saturated rings. The average Bonchev–Trinajstić information content (AvgIpc) is 3.65. The van der Waals surface area contributed by atoms with E-state index in [-0.39, 0.29) is 16.9 Å². The maximum absolute atomic E-state index is 15.9. The largest absolute Gasteiger partial charge is 0.335 e. The lowest BCUT2D eigenvalue weighted by Crippen LogP contribution is -2.11. The quantitative estimate of drug-likeness (QED) is 0.253. The van der Waals surface area contributed by atoms with Crippen LogP contribution in [0.4, 0.5) is 4.39 Å². The number of fused-ring (bicyclic) bond motifs is 2. The molecule has 0 amide bonds. The van der Waals surface area contributed by atoms with Crippen molar-refractivity contribution in [1.29, 1.82) is 0 Å². The third kappa shape index (κ3) is 4.07. The van der Waals surface area contributed by atoms with Gasteiger partial charge in [0.05, 0.1) is 33.7 Å². The van der Waals surface area contributed by atoms with Gasteiger partial charge in [-0.05, 0) is 37.2 Å². The monoisotopic (exact) mass is 512 g/mol. The van der Waals surface area contributed by atoms with Crippen molar-refractivity contribution in [3.05, 3.63) is 65.4 Å². The van der Waals surface area contributed by atoms with Gasteiger partial charge in [0.2, 0.25) is 0 Å². The van der Waals surface area contributed by atoms with Crippen molar-refractivity contribution < 1.29 is 9.18 Å². The smallest absolute Gasteiger partial charge is 0.169 e. The van der Waals surface area contributed by atoms with Crippen LogP contribution >= 0.6 is 11.3 Å². The first-order valence-electron chi connectivity index (χ1n) is 11.7. The number of imidazole rings is 1. The van der Waals surface area contributed by atoms with Crippen LogP contribution in [-0.2, 0) is 6.54 Å². The number of nitrogens with zero attached hydrogens (tertiary/aromatic N) is 5. The highest BCUT2D eigenvalue weighted by atomic mass is 32.1. The van der Waals surface area contributed by atoms with Crippen LogP contribution in [0.1, 0.15) is 29.1 Å². The van der Waals surface area contributed by atoms with Gasteiger partial charge in [0, 0.05) is 41.1 Å². The molecule has 6 aromatic heterocycles. The lowest BCUT2D eigenvalue weighted by molar-refractivity contribution is 0.102. The molecule has 3 N–H and O–H groups in total. The highest BCUT2D eigenvalue weighted by molar-refractivity contribution is 7.17. The van der Waals surface area contributed by atoms with Gasteiger partial charge in [-0.2, -0.15) is 5.10 Å². The second-order valence-corrected chi connectivity index (χ2v) is 9.62. The van der Waals surface area contributed by atoms with Gasteiger partial charge >= 0.3 is 0 Å². The van der Waals surface area contributed by atoms with Crippen molar-refractivity contribution in [2.45, 2.75) is 20.4 Å². The molecule has 0 spiro atoms. The first kappa shape index (κ1) is 23.1. The number of H-pyrrole nitrogens is 2. The van der Waals surface area contributed by atoms with Crippen molar-refractivity contribution in [3.63, 3.8) is 0 Å². The molecule has 0 saturated heterocycles.